The highest BCUT2D eigenvalue weighted by Gasteiger charge is 2.11. The highest BCUT2D eigenvalue weighted by atomic mass is 32.1. The predicted octanol–water partition coefficient (Wildman–Crippen LogP) is 6.04. The molecule has 1 heterocycles. The highest BCUT2D eigenvalue weighted by molar-refractivity contribution is 7.17. The van der Waals surface area contributed by atoms with E-state index in [2.05, 4.69) is 36.6 Å². The van der Waals surface area contributed by atoms with E-state index in [1.807, 2.05) is 11.3 Å². The first-order valence-corrected chi connectivity index (χ1v) is 8.92. The van der Waals surface area contributed by atoms with E-state index in [1.54, 1.807) is 0 Å². The summed E-state index contributed by atoms with van der Waals surface area (Å²) in [5.74, 6) is 0. The van der Waals surface area contributed by atoms with E-state index in [4.69, 9.17) is 5.73 Å². The summed E-state index contributed by atoms with van der Waals surface area (Å²) in [6.07, 6.45) is 10.6. The number of rotatable bonds is 9. The lowest BCUT2D eigenvalue weighted by Crippen LogP contribution is -2.09. The molecular formula is C18H27NS. The fourth-order valence-electron chi connectivity index (χ4n) is 2.76. The van der Waals surface area contributed by atoms with Crippen molar-refractivity contribution >= 4 is 21.4 Å². The quantitative estimate of drug-likeness (QED) is 0.559. The molecule has 0 spiro atoms. The lowest BCUT2D eigenvalue weighted by atomic mass is 10.00. The van der Waals surface area contributed by atoms with Crippen LogP contribution in [-0.2, 0) is 0 Å². The molecule has 0 aliphatic carbocycles. The molecule has 0 saturated heterocycles. The van der Waals surface area contributed by atoms with Crippen molar-refractivity contribution in [3.05, 3.63) is 35.2 Å². The maximum atomic E-state index is 6.37. The number of hydrogen-bond donors (Lipinski definition) is 1. The molecule has 0 bridgehead atoms. The highest BCUT2D eigenvalue weighted by Crippen LogP contribution is 2.31. The molecule has 2 rings (SSSR count). The van der Waals surface area contributed by atoms with Crippen LogP contribution in [-0.4, -0.2) is 0 Å². The van der Waals surface area contributed by atoms with Gasteiger partial charge in [-0.3, -0.25) is 0 Å². The maximum absolute atomic E-state index is 6.37. The molecular weight excluding hydrogens is 262 g/mol. The van der Waals surface area contributed by atoms with Crippen molar-refractivity contribution < 1.29 is 0 Å². The SMILES string of the molecule is CCCCCCCCCC(N)c1csc2ccccc12. The second kappa shape index (κ2) is 8.43. The molecule has 0 amide bonds. The Labute approximate surface area is 127 Å². The van der Waals surface area contributed by atoms with E-state index in [9.17, 15) is 0 Å². The van der Waals surface area contributed by atoms with Crippen molar-refractivity contribution in [1.82, 2.24) is 0 Å². The largest absolute Gasteiger partial charge is 0.324 e. The summed E-state index contributed by atoms with van der Waals surface area (Å²) in [7, 11) is 0. The first-order chi connectivity index (χ1) is 9.83. The first-order valence-electron chi connectivity index (χ1n) is 8.04. The third-order valence-electron chi connectivity index (χ3n) is 4.03. The van der Waals surface area contributed by atoms with Gasteiger partial charge in [-0.05, 0) is 28.8 Å². The van der Waals surface area contributed by atoms with Crippen LogP contribution in [0, 0.1) is 0 Å². The van der Waals surface area contributed by atoms with Gasteiger partial charge in [-0.15, -0.1) is 11.3 Å². The van der Waals surface area contributed by atoms with E-state index in [-0.39, 0.29) is 6.04 Å². The van der Waals surface area contributed by atoms with Gasteiger partial charge in [0.1, 0.15) is 0 Å². The second-order valence-electron chi connectivity index (χ2n) is 5.70. The zero-order chi connectivity index (χ0) is 14.2. The van der Waals surface area contributed by atoms with Gasteiger partial charge < -0.3 is 5.73 Å². The van der Waals surface area contributed by atoms with Crippen LogP contribution in [0.3, 0.4) is 0 Å². The molecule has 1 aromatic carbocycles. The van der Waals surface area contributed by atoms with Crippen molar-refractivity contribution in [1.29, 1.82) is 0 Å². The molecule has 0 saturated carbocycles. The van der Waals surface area contributed by atoms with Crippen LogP contribution >= 0.6 is 11.3 Å². The lowest BCUT2D eigenvalue weighted by molar-refractivity contribution is 0.543. The van der Waals surface area contributed by atoms with Crippen LogP contribution in [0.1, 0.15) is 69.9 Å². The molecule has 0 radical (unpaired) electrons. The number of nitrogens with two attached hydrogens (primary N) is 1. The minimum atomic E-state index is 0.210. The van der Waals surface area contributed by atoms with Crippen molar-refractivity contribution in [3.8, 4) is 0 Å². The van der Waals surface area contributed by atoms with Crippen LogP contribution in [0.25, 0.3) is 10.1 Å². The Morgan fingerprint density at radius 2 is 1.70 bits per heavy atom. The van der Waals surface area contributed by atoms with Crippen LogP contribution in [0.15, 0.2) is 29.6 Å². The van der Waals surface area contributed by atoms with Gasteiger partial charge in [-0.1, -0.05) is 70.1 Å². The van der Waals surface area contributed by atoms with Gasteiger partial charge in [0.15, 0.2) is 0 Å². The van der Waals surface area contributed by atoms with E-state index in [1.165, 1.54) is 60.6 Å². The zero-order valence-electron chi connectivity index (χ0n) is 12.6. The van der Waals surface area contributed by atoms with Crippen molar-refractivity contribution in [2.75, 3.05) is 0 Å². The van der Waals surface area contributed by atoms with E-state index in [0.717, 1.165) is 6.42 Å². The maximum Gasteiger partial charge on any atom is 0.0346 e. The van der Waals surface area contributed by atoms with E-state index < -0.39 is 0 Å². The molecule has 1 unspecified atom stereocenters. The molecule has 1 atom stereocenters. The van der Waals surface area contributed by atoms with Gasteiger partial charge in [0, 0.05) is 10.7 Å². The smallest absolute Gasteiger partial charge is 0.0346 e. The number of unbranched alkanes of at least 4 members (excludes halogenated alkanes) is 6. The van der Waals surface area contributed by atoms with Crippen molar-refractivity contribution in [2.45, 2.75) is 64.3 Å². The van der Waals surface area contributed by atoms with Gasteiger partial charge in [-0.2, -0.15) is 0 Å². The molecule has 2 N–H and O–H groups in total. The molecule has 20 heavy (non-hydrogen) atoms. The summed E-state index contributed by atoms with van der Waals surface area (Å²) in [5.41, 5.74) is 7.72. The van der Waals surface area contributed by atoms with Gasteiger partial charge in [0.2, 0.25) is 0 Å². The van der Waals surface area contributed by atoms with Crippen molar-refractivity contribution in [3.63, 3.8) is 0 Å². The molecule has 110 valence electrons. The van der Waals surface area contributed by atoms with Gasteiger partial charge >= 0.3 is 0 Å². The first kappa shape index (κ1) is 15.5. The summed E-state index contributed by atoms with van der Waals surface area (Å²) in [6, 6.07) is 8.81. The summed E-state index contributed by atoms with van der Waals surface area (Å²) in [6.45, 7) is 2.27. The summed E-state index contributed by atoms with van der Waals surface area (Å²) in [4.78, 5) is 0. The van der Waals surface area contributed by atoms with Crippen LogP contribution in [0.5, 0.6) is 0 Å². The van der Waals surface area contributed by atoms with Crippen molar-refractivity contribution in [2.24, 2.45) is 5.73 Å². The minimum Gasteiger partial charge on any atom is -0.324 e. The molecule has 1 aromatic heterocycles. The Hall–Kier alpha value is -0.860. The average Bonchev–Trinajstić information content (AvgIpc) is 2.90. The summed E-state index contributed by atoms with van der Waals surface area (Å²) >= 11 is 1.82. The Bertz CT molecular complexity index is 503. The number of benzene rings is 1. The molecule has 0 aliphatic heterocycles. The average molecular weight is 289 g/mol. The standard InChI is InChI=1S/C18H27NS/c1-2-3-4-5-6-7-8-12-17(19)16-14-20-18-13-10-9-11-15(16)18/h9-11,13-14,17H,2-8,12,19H2,1H3. The minimum absolute atomic E-state index is 0.210. The van der Waals surface area contributed by atoms with E-state index >= 15 is 0 Å². The predicted molar refractivity (Wildman–Crippen MR) is 91.4 cm³/mol. The lowest BCUT2D eigenvalue weighted by Gasteiger charge is -2.10. The fraction of sp³-hybridized carbons (Fsp3) is 0.556. The normalized spacial score (nSPS) is 12.9. The van der Waals surface area contributed by atoms with Crippen LogP contribution in [0.4, 0.5) is 0 Å². The number of fused-ring (bicyclic) bond motifs is 1. The second-order valence-corrected chi connectivity index (χ2v) is 6.61. The van der Waals surface area contributed by atoms with E-state index in [0.29, 0.717) is 0 Å². The van der Waals surface area contributed by atoms with Crippen LogP contribution in [0.2, 0.25) is 0 Å². The fourth-order valence-corrected chi connectivity index (χ4v) is 3.79. The van der Waals surface area contributed by atoms with Crippen LogP contribution < -0.4 is 5.73 Å². The third-order valence-corrected chi connectivity index (χ3v) is 5.01. The van der Waals surface area contributed by atoms with Gasteiger partial charge in [0.25, 0.3) is 0 Å². The molecule has 2 heteroatoms. The monoisotopic (exact) mass is 289 g/mol. The Balaban J connectivity index is 1.73. The zero-order valence-corrected chi connectivity index (χ0v) is 13.4. The summed E-state index contributed by atoms with van der Waals surface area (Å²) < 4.78 is 1.36. The Morgan fingerprint density at radius 1 is 1.00 bits per heavy atom. The summed E-state index contributed by atoms with van der Waals surface area (Å²) in [5, 5.41) is 3.60. The Morgan fingerprint density at radius 3 is 2.50 bits per heavy atom. The number of thiophene rings is 1. The molecule has 0 aliphatic rings. The molecule has 2 aromatic rings. The number of hydrogen-bond acceptors (Lipinski definition) is 2. The molecule has 1 nitrogen and oxygen atoms in total. The third kappa shape index (κ3) is 4.32. The topological polar surface area (TPSA) is 26.0 Å². The molecule has 0 fully saturated rings. The van der Waals surface area contributed by atoms with Gasteiger partial charge in [-0.25, -0.2) is 0 Å². The Kier molecular flexibility index (Phi) is 6.55. The van der Waals surface area contributed by atoms with Gasteiger partial charge in [0.05, 0.1) is 0 Å².